The average molecular weight is 288 g/mol. The number of benzene rings is 1. The molecule has 1 aromatic carbocycles. The number of terminal acetylenes is 1. The number of hydrogen-bond acceptors (Lipinski definition) is 5. The SMILES string of the molecule is C#CCOc1ccc(C(=N\OCC)/C(C)=N/OCC)cc1. The second-order valence-electron chi connectivity index (χ2n) is 3.97. The van der Waals surface area contributed by atoms with Crippen LogP contribution in [0.3, 0.4) is 0 Å². The molecule has 21 heavy (non-hydrogen) atoms. The number of nitrogens with zero attached hydrogens (tertiary/aromatic N) is 2. The largest absolute Gasteiger partial charge is 0.481 e. The Morgan fingerprint density at radius 2 is 1.71 bits per heavy atom. The highest BCUT2D eigenvalue weighted by Crippen LogP contribution is 2.14. The fourth-order valence-electron chi connectivity index (χ4n) is 1.50. The van der Waals surface area contributed by atoms with Crippen molar-refractivity contribution in [2.45, 2.75) is 20.8 Å². The molecule has 5 nitrogen and oxygen atoms in total. The van der Waals surface area contributed by atoms with E-state index in [4.69, 9.17) is 20.8 Å². The highest BCUT2D eigenvalue weighted by molar-refractivity contribution is 6.47. The Bertz CT molecular complexity index is 527. The van der Waals surface area contributed by atoms with Gasteiger partial charge in [0.25, 0.3) is 0 Å². The van der Waals surface area contributed by atoms with Crippen LogP contribution < -0.4 is 4.74 Å². The van der Waals surface area contributed by atoms with Gasteiger partial charge in [0.2, 0.25) is 0 Å². The van der Waals surface area contributed by atoms with Crippen LogP contribution in [-0.4, -0.2) is 31.2 Å². The molecule has 0 amide bonds. The number of oxime groups is 2. The Morgan fingerprint density at radius 3 is 2.29 bits per heavy atom. The smallest absolute Gasteiger partial charge is 0.148 e. The molecular formula is C16H20N2O3. The van der Waals surface area contributed by atoms with E-state index in [0.717, 1.165) is 5.56 Å². The molecule has 0 unspecified atom stereocenters. The van der Waals surface area contributed by atoms with Crippen molar-refractivity contribution in [1.82, 2.24) is 0 Å². The Hall–Kier alpha value is -2.48. The van der Waals surface area contributed by atoms with Crippen molar-refractivity contribution in [1.29, 1.82) is 0 Å². The van der Waals surface area contributed by atoms with E-state index in [1.165, 1.54) is 0 Å². The van der Waals surface area contributed by atoms with Crippen molar-refractivity contribution in [3.63, 3.8) is 0 Å². The van der Waals surface area contributed by atoms with Gasteiger partial charge >= 0.3 is 0 Å². The summed E-state index contributed by atoms with van der Waals surface area (Å²) in [5.41, 5.74) is 2.12. The summed E-state index contributed by atoms with van der Waals surface area (Å²) in [5, 5.41) is 8.08. The van der Waals surface area contributed by atoms with Gasteiger partial charge in [-0.3, -0.25) is 0 Å². The molecule has 0 spiro atoms. The summed E-state index contributed by atoms with van der Waals surface area (Å²) in [6, 6.07) is 7.38. The van der Waals surface area contributed by atoms with Crippen LogP contribution in [0.25, 0.3) is 0 Å². The van der Waals surface area contributed by atoms with Crippen LogP contribution in [0.4, 0.5) is 0 Å². The number of ether oxygens (including phenoxy) is 1. The highest BCUT2D eigenvalue weighted by Gasteiger charge is 2.10. The molecule has 0 aliphatic carbocycles. The molecule has 1 aromatic rings. The third kappa shape index (κ3) is 5.57. The van der Waals surface area contributed by atoms with Crippen molar-refractivity contribution < 1.29 is 14.4 Å². The van der Waals surface area contributed by atoms with Crippen LogP contribution in [0, 0.1) is 12.3 Å². The van der Waals surface area contributed by atoms with Gasteiger partial charge < -0.3 is 14.4 Å². The van der Waals surface area contributed by atoms with Gasteiger partial charge in [-0.2, -0.15) is 0 Å². The van der Waals surface area contributed by atoms with E-state index in [-0.39, 0.29) is 6.61 Å². The zero-order valence-electron chi connectivity index (χ0n) is 12.6. The van der Waals surface area contributed by atoms with E-state index < -0.39 is 0 Å². The van der Waals surface area contributed by atoms with Gasteiger partial charge in [-0.05, 0) is 45.0 Å². The van der Waals surface area contributed by atoms with Crippen LogP contribution >= 0.6 is 0 Å². The predicted molar refractivity (Wildman–Crippen MR) is 83.7 cm³/mol. The zero-order chi connectivity index (χ0) is 15.5. The molecular weight excluding hydrogens is 268 g/mol. The maximum absolute atomic E-state index is 5.33. The van der Waals surface area contributed by atoms with Crippen LogP contribution in [0.15, 0.2) is 34.6 Å². The molecule has 0 atom stereocenters. The van der Waals surface area contributed by atoms with E-state index >= 15 is 0 Å². The molecule has 5 heteroatoms. The third-order valence-corrected chi connectivity index (χ3v) is 2.41. The lowest BCUT2D eigenvalue weighted by Gasteiger charge is -2.07. The molecule has 0 aliphatic heterocycles. The van der Waals surface area contributed by atoms with Crippen molar-refractivity contribution >= 4 is 11.4 Å². The van der Waals surface area contributed by atoms with Gasteiger partial charge in [0.05, 0.1) is 0 Å². The summed E-state index contributed by atoms with van der Waals surface area (Å²) in [6.07, 6.45) is 5.16. The first-order valence-electron chi connectivity index (χ1n) is 6.76. The van der Waals surface area contributed by atoms with Crippen molar-refractivity contribution in [3.8, 4) is 18.1 Å². The lowest BCUT2D eigenvalue weighted by molar-refractivity contribution is 0.155. The minimum Gasteiger partial charge on any atom is -0.481 e. The first kappa shape index (κ1) is 16.6. The molecule has 112 valence electrons. The Kier molecular flexibility index (Phi) is 7.44. The molecule has 1 rings (SSSR count). The van der Waals surface area contributed by atoms with Gasteiger partial charge in [-0.25, -0.2) is 0 Å². The van der Waals surface area contributed by atoms with E-state index in [1.807, 2.05) is 45.0 Å². The molecule has 0 N–H and O–H groups in total. The van der Waals surface area contributed by atoms with Crippen molar-refractivity contribution in [3.05, 3.63) is 29.8 Å². The van der Waals surface area contributed by atoms with Crippen LogP contribution in [0.5, 0.6) is 5.75 Å². The summed E-state index contributed by atoms with van der Waals surface area (Å²) < 4.78 is 5.33. The Labute approximate surface area is 125 Å². The Morgan fingerprint density at radius 1 is 1.10 bits per heavy atom. The fraction of sp³-hybridized carbons (Fsp3) is 0.375. The van der Waals surface area contributed by atoms with Gasteiger partial charge in [-0.15, -0.1) is 6.42 Å². The van der Waals surface area contributed by atoms with Gasteiger partial charge in [0.15, 0.2) is 0 Å². The fourth-order valence-corrected chi connectivity index (χ4v) is 1.50. The summed E-state index contributed by atoms with van der Waals surface area (Å²) in [5.74, 6) is 3.12. The molecule has 0 radical (unpaired) electrons. The predicted octanol–water partition coefficient (Wildman–Crippen LogP) is 2.85. The van der Waals surface area contributed by atoms with Crippen LogP contribution in [0.2, 0.25) is 0 Å². The monoisotopic (exact) mass is 288 g/mol. The lowest BCUT2D eigenvalue weighted by atomic mass is 10.1. The van der Waals surface area contributed by atoms with Gasteiger partial charge in [0.1, 0.15) is 37.0 Å². The molecule has 0 fully saturated rings. The summed E-state index contributed by atoms with van der Waals surface area (Å²) in [6.45, 7) is 6.77. The normalized spacial score (nSPS) is 11.7. The van der Waals surface area contributed by atoms with Gasteiger partial charge in [0, 0.05) is 5.56 Å². The molecule has 0 saturated carbocycles. The maximum atomic E-state index is 5.33. The lowest BCUT2D eigenvalue weighted by Crippen LogP contribution is -2.14. The Balaban J connectivity index is 2.96. The molecule has 0 aromatic heterocycles. The van der Waals surface area contributed by atoms with Crippen molar-refractivity contribution in [2.75, 3.05) is 19.8 Å². The molecule has 0 bridgehead atoms. The second-order valence-corrected chi connectivity index (χ2v) is 3.97. The second kappa shape index (κ2) is 9.43. The molecule has 0 saturated heterocycles. The summed E-state index contributed by atoms with van der Waals surface area (Å²) in [7, 11) is 0. The topological polar surface area (TPSA) is 52.4 Å². The molecule has 0 aliphatic rings. The zero-order valence-corrected chi connectivity index (χ0v) is 12.6. The van der Waals surface area contributed by atoms with Gasteiger partial charge in [-0.1, -0.05) is 16.2 Å². The quantitative estimate of drug-likeness (QED) is 0.420. The van der Waals surface area contributed by atoms with E-state index in [9.17, 15) is 0 Å². The minimum absolute atomic E-state index is 0.240. The standard InChI is InChI=1S/C16H20N2O3/c1-5-12-19-15-10-8-14(9-11-15)16(18-21-7-3)13(4)17-20-6-2/h1,8-11H,6-7,12H2,2-4H3/b17-13+,18-16-. The minimum atomic E-state index is 0.240. The number of rotatable bonds is 8. The summed E-state index contributed by atoms with van der Waals surface area (Å²) >= 11 is 0. The van der Waals surface area contributed by atoms with Crippen LogP contribution in [0.1, 0.15) is 26.3 Å². The summed E-state index contributed by atoms with van der Waals surface area (Å²) in [4.78, 5) is 10.2. The number of hydrogen-bond donors (Lipinski definition) is 0. The van der Waals surface area contributed by atoms with E-state index in [0.29, 0.717) is 30.4 Å². The first-order chi connectivity index (χ1) is 10.2. The highest BCUT2D eigenvalue weighted by atomic mass is 16.6. The van der Waals surface area contributed by atoms with Crippen molar-refractivity contribution in [2.24, 2.45) is 10.3 Å². The van der Waals surface area contributed by atoms with E-state index in [1.54, 1.807) is 0 Å². The molecule has 0 heterocycles. The third-order valence-electron chi connectivity index (χ3n) is 2.41. The first-order valence-corrected chi connectivity index (χ1v) is 6.76. The average Bonchev–Trinajstić information content (AvgIpc) is 2.52. The van der Waals surface area contributed by atoms with E-state index in [2.05, 4.69) is 16.2 Å². The maximum Gasteiger partial charge on any atom is 0.148 e. The van der Waals surface area contributed by atoms with Crippen LogP contribution in [-0.2, 0) is 9.68 Å².